The van der Waals surface area contributed by atoms with Crippen LogP contribution in [-0.2, 0) is 49.8 Å². The van der Waals surface area contributed by atoms with Crippen molar-refractivity contribution in [3.05, 3.63) is 101 Å². The van der Waals surface area contributed by atoms with Crippen LogP contribution >= 0.6 is 0 Å². The summed E-state index contributed by atoms with van der Waals surface area (Å²) >= 11 is 0. The van der Waals surface area contributed by atoms with E-state index in [-0.39, 0.29) is 50.6 Å². The third kappa shape index (κ3) is 13.2. The first-order valence-electron chi connectivity index (χ1n) is 19.6. The van der Waals surface area contributed by atoms with E-state index in [2.05, 4.69) is 10.1 Å². The number of carbonyl (C=O) groups excluding carboxylic acids is 3. The number of allylic oxidation sites excluding steroid dienone is 1. The number of halogens is 1. The van der Waals surface area contributed by atoms with Gasteiger partial charge >= 0.3 is 5.97 Å². The number of carbonyl (C=O) groups is 3. The predicted molar refractivity (Wildman–Crippen MR) is 220 cm³/mol. The lowest BCUT2D eigenvalue weighted by Crippen LogP contribution is -2.34. The lowest BCUT2D eigenvalue weighted by Gasteiger charge is -2.25. The Labute approximate surface area is 348 Å². The standard InChI is InChI=1S/C43H51FN2O13S/c1-4-58-43(50)38(48)27-37(47)31-7-5-29(6-8-31)28-57-24-23-56-22-21-55-20-19-54-18-17-53-16-15-46(60(3,51)52)36-26-39-35(25-34(36)30-9-10-30)40(42(49)45-2)41(59-39)32-11-13-33(44)14-12-32/h5-8,11-14,25-27,30,48H,4,9-10,15-24,28H2,1-3H3,(H,45,49)/b38-27-. The minimum Gasteiger partial charge on any atom is -0.502 e. The Bertz CT molecular complexity index is 2200. The molecule has 0 spiro atoms. The van der Waals surface area contributed by atoms with E-state index >= 15 is 0 Å². The number of nitrogens with zero attached hydrogens (tertiary/aromatic N) is 1. The number of hydrogen-bond donors (Lipinski definition) is 2. The Morgan fingerprint density at radius 3 is 2.00 bits per heavy atom. The van der Waals surface area contributed by atoms with Crippen LogP contribution in [0.25, 0.3) is 22.3 Å². The molecule has 0 radical (unpaired) electrons. The van der Waals surface area contributed by atoms with Gasteiger partial charge in [0.05, 0.1) is 96.7 Å². The second kappa shape index (κ2) is 22.4. The molecule has 4 aromatic rings. The maximum absolute atomic E-state index is 13.7. The third-order valence-corrected chi connectivity index (χ3v) is 10.5. The molecule has 0 atom stereocenters. The number of fused-ring (bicyclic) bond motifs is 1. The van der Waals surface area contributed by atoms with E-state index in [0.717, 1.165) is 36.3 Å². The topological polar surface area (TPSA) is 189 Å². The Morgan fingerprint density at radius 1 is 0.867 bits per heavy atom. The van der Waals surface area contributed by atoms with Gasteiger partial charge in [-0.1, -0.05) is 24.3 Å². The highest BCUT2D eigenvalue weighted by molar-refractivity contribution is 7.92. The van der Waals surface area contributed by atoms with E-state index < -0.39 is 33.4 Å². The summed E-state index contributed by atoms with van der Waals surface area (Å²) in [5, 5.41) is 12.9. The Kier molecular flexibility index (Phi) is 17.2. The van der Waals surface area contributed by atoms with Gasteiger partial charge in [-0.15, -0.1) is 0 Å². The zero-order chi connectivity index (χ0) is 43.1. The average Bonchev–Trinajstić information content (AvgIpc) is 4.01. The fraction of sp³-hybridized carbons (Fsp3) is 0.419. The van der Waals surface area contributed by atoms with Crippen LogP contribution in [0.1, 0.15) is 57.5 Å². The van der Waals surface area contributed by atoms with Crippen molar-refractivity contribution in [2.24, 2.45) is 0 Å². The zero-order valence-electron chi connectivity index (χ0n) is 33.9. The number of aliphatic hydroxyl groups is 1. The second-order valence-electron chi connectivity index (χ2n) is 13.7. The summed E-state index contributed by atoms with van der Waals surface area (Å²) in [4.78, 5) is 36.8. The highest BCUT2D eigenvalue weighted by atomic mass is 32.2. The maximum Gasteiger partial charge on any atom is 0.373 e. The Hall–Kier alpha value is -5.17. The number of amides is 1. The number of rotatable bonds is 26. The molecule has 15 nitrogen and oxygen atoms in total. The summed E-state index contributed by atoms with van der Waals surface area (Å²) in [5.74, 6) is -2.64. The third-order valence-electron chi connectivity index (χ3n) is 9.27. The van der Waals surface area contributed by atoms with E-state index in [0.29, 0.717) is 79.6 Å². The molecule has 324 valence electrons. The molecule has 3 aromatic carbocycles. The number of ketones is 1. The lowest BCUT2D eigenvalue weighted by atomic mass is 10.0. The molecule has 1 aliphatic carbocycles. The zero-order valence-corrected chi connectivity index (χ0v) is 34.7. The molecular formula is C43H51FN2O13S. The fourth-order valence-electron chi connectivity index (χ4n) is 6.16. The summed E-state index contributed by atoms with van der Waals surface area (Å²) in [6.07, 6.45) is 3.73. The number of furan rings is 1. The van der Waals surface area contributed by atoms with Crippen LogP contribution < -0.4 is 9.62 Å². The van der Waals surface area contributed by atoms with E-state index in [9.17, 15) is 32.3 Å². The second-order valence-corrected chi connectivity index (χ2v) is 15.6. The molecule has 60 heavy (non-hydrogen) atoms. The summed E-state index contributed by atoms with van der Waals surface area (Å²) < 4.78 is 80.0. The summed E-state index contributed by atoms with van der Waals surface area (Å²) in [5.41, 5.74) is 3.54. The quantitative estimate of drug-likeness (QED) is 0.0257. The van der Waals surface area contributed by atoms with E-state index in [1.165, 1.54) is 35.6 Å². The molecule has 0 aliphatic heterocycles. The number of ether oxygens (including phenoxy) is 6. The Morgan fingerprint density at radius 2 is 1.45 bits per heavy atom. The van der Waals surface area contributed by atoms with Crippen molar-refractivity contribution in [3.63, 3.8) is 0 Å². The first-order chi connectivity index (χ1) is 28.9. The van der Waals surface area contributed by atoms with Gasteiger partial charge in [0, 0.05) is 35.7 Å². The summed E-state index contributed by atoms with van der Waals surface area (Å²) in [6, 6.07) is 15.7. The number of esters is 1. The summed E-state index contributed by atoms with van der Waals surface area (Å²) in [7, 11) is -2.22. The minimum absolute atomic E-state index is 0.0486. The molecule has 1 aliphatic rings. The van der Waals surface area contributed by atoms with Crippen LogP contribution in [0.2, 0.25) is 0 Å². The van der Waals surface area contributed by atoms with Crippen molar-refractivity contribution < 1.29 is 65.1 Å². The molecule has 1 amide bonds. The molecular weight excluding hydrogens is 804 g/mol. The lowest BCUT2D eigenvalue weighted by molar-refractivity contribution is -0.141. The maximum atomic E-state index is 13.7. The number of aliphatic hydroxyl groups excluding tert-OH is 1. The molecule has 1 heterocycles. The van der Waals surface area contributed by atoms with E-state index in [4.69, 9.17) is 28.1 Å². The highest BCUT2D eigenvalue weighted by Crippen LogP contribution is 2.48. The normalized spacial score (nSPS) is 13.1. The number of benzene rings is 3. The first kappa shape index (κ1) is 45.9. The largest absolute Gasteiger partial charge is 0.502 e. The monoisotopic (exact) mass is 854 g/mol. The first-order valence-corrected chi connectivity index (χ1v) is 21.4. The highest BCUT2D eigenvalue weighted by Gasteiger charge is 2.33. The molecule has 5 rings (SSSR count). The van der Waals surface area contributed by atoms with Gasteiger partial charge in [-0.3, -0.25) is 13.9 Å². The van der Waals surface area contributed by atoms with Crippen molar-refractivity contribution in [2.75, 3.05) is 90.2 Å². The molecule has 1 saturated carbocycles. The molecule has 0 saturated heterocycles. The van der Waals surface area contributed by atoms with Crippen LogP contribution in [0, 0.1) is 5.82 Å². The van der Waals surface area contributed by atoms with Crippen LogP contribution in [-0.4, -0.2) is 117 Å². The number of sulfonamides is 1. The number of nitrogens with one attached hydrogen (secondary N) is 1. The van der Waals surface area contributed by atoms with Gasteiger partial charge in [0.2, 0.25) is 15.8 Å². The minimum atomic E-state index is -3.74. The van der Waals surface area contributed by atoms with Crippen LogP contribution in [0.15, 0.2) is 76.9 Å². The van der Waals surface area contributed by atoms with Gasteiger partial charge in [0.1, 0.15) is 17.2 Å². The van der Waals surface area contributed by atoms with Crippen LogP contribution in [0.4, 0.5) is 10.1 Å². The van der Waals surface area contributed by atoms with Crippen molar-refractivity contribution in [3.8, 4) is 11.3 Å². The molecule has 0 unspecified atom stereocenters. The number of anilines is 1. The predicted octanol–water partition coefficient (Wildman–Crippen LogP) is 5.71. The van der Waals surface area contributed by atoms with Gasteiger partial charge in [0.15, 0.2) is 5.78 Å². The molecule has 1 fully saturated rings. The van der Waals surface area contributed by atoms with Gasteiger partial charge in [-0.2, -0.15) is 0 Å². The van der Waals surface area contributed by atoms with Crippen LogP contribution in [0.3, 0.4) is 0 Å². The van der Waals surface area contributed by atoms with Crippen molar-refractivity contribution in [1.29, 1.82) is 0 Å². The van der Waals surface area contributed by atoms with Gasteiger partial charge in [0.25, 0.3) is 5.91 Å². The smallest absolute Gasteiger partial charge is 0.373 e. The SMILES string of the molecule is CCOC(=O)/C(O)=C/C(=O)c1ccc(COCCOCCOCCOCCOCCN(c2cc3oc(-c4ccc(F)cc4)c(C(=O)NC)c3cc2C2CC2)S(C)(=O)=O)cc1. The van der Waals surface area contributed by atoms with Crippen molar-refractivity contribution >= 4 is 44.3 Å². The summed E-state index contributed by atoms with van der Waals surface area (Å²) in [6.45, 7) is 4.79. The molecule has 0 bridgehead atoms. The van der Waals surface area contributed by atoms with Crippen LogP contribution in [0.5, 0.6) is 0 Å². The van der Waals surface area contributed by atoms with E-state index in [1.807, 2.05) is 6.07 Å². The van der Waals surface area contributed by atoms with Gasteiger partial charge < -0.3 is 43.3 Å². The number of hydrogen-bond acceptors (Lipinski definition) is 13. The van der Waals surface area contributed by atoms with E-state index in [1.54, 1.807) is 37.3 Å². The fourth-order valence-corrected chi connectivity index (χ4v) is 7.08. The molecule has 1 aromatic heterocycles. The van der Waals surface area contributed by atoms with Crippen molar-refractivity contribution in [1.82, 2.24) is 5.32 Å². The average molecular weight is 855 g/mol. The Balaban J connectivity index is 0.972. The van der Waals surface area contributed by atoms with Crippen molar-refractivity contribution in [2.45, 2.75) is 32.3 Å². The molecule has 17 heteroatoms. The van der Waals surface area contributed by atoms with Gasteiger partial charge in [-0.05, 0) is 67.1 Å². The van der Waals surface area contributed by atoms with Gasteiger partial charge in [-0.25, -0.2) is 17.6 Å². The molecule has 2 N–H and O–H groups in total.